The predicted molar refractivity (Wildman–Crippen MR) is 95.6 cm³/mol. The quantitative estimate of drug-likeness (QED) is 0.772. The highest BCUT2D eigenvalue weighted by molar-refractivity contribution is 7.10. The normalized spacial score (nSPS) is 17.6. The minimum Gasteiger partial charge on any atom is -0.338 e. The fourth-order valence-corrected chi connectivity index (χ4v) is 4.88. The first-order valence-corrected chi connectivity index (χ1v) is 9.53. The van der Waals surface area contributed by atoms with Crippen LogP contribution in [0.25, 0.3) is 0 Å². The second kappa shape index (κ2) is 6.51. The molecule has 1 aliphatic heterocycles. The highest BCUT2D eigenvalue weighted by Gasteiger charge is 2.31. The van der Waals surface area contributed by atoms with E-state index in [-0.39, 0.29) is 11.9 Å². The van der Waals surface area contributed by atoms with E-state index in [9.17, 15) is 4.79 Å². The number of carbonyl (C=O) groups excluding carboxylic acids is 1. The molecule has 0 aromatic carbocycles. The van der Waals surface area contributed by atoms with Crippen LogP contribution in [0.3, 0.4) is 0 Å². The van der Waals surface area contributed by atoms with Crippen molar-refractivity contribution < 1.29 is 9.32 Å². The second-order valence-corrected chi connectivity index (χ2v) is 7.80. The summed E-state index contributed by atoms with van der Waals surface area (Å²) in [7, 11) is 0. The molecule has 3 aromatic heterocycles. The Bertz CT molecular complexity index is 838. The van der Waals surface area contributed by atoms with E-state index < -0.39 is 0 Å². The maximum absolute atomic E-state index is 12.4. The summed E-state index contributed by atoms with van der Waals surface area (Å²) in [6.45, 7) is 3.03. The van der Waals surface area contributed by atoms with Gasteiger partial charge in [0.05, 0.1) is 18.3 Å². The number of nitrogens with zero attached hydrogens (tertiary/aromatic N) is 2. The van der Waals surface area contributed by atoms with Gasteiger partial charge in [-0.25, -0.2) is 0 Å². The molecular weight excluding hydrogens is 342 g/mol. The Balaban J connectivity index is 1.54. The number of amides is 1. The molecule has 1 amide bonds. The van der Waals surface area contributed by atoms with E-state index in [1.807, 2.05) is 6.92 Å². The van der Waals surface area contributed by atoms with Gasteiger partial charge in [0, 0.05) is 22.4 Å². The van der Waals surface area contributed by atoms with Crippen LogP contribution in [-0.4, -0.2) is 29.1 Å². The summed E-state index contributed by atoms with van der Waals surface area (Å²) < 4.78 is 5.07. The minimum absolute atomic E-state index is 0.0774. The fourth-order valence-electron chi connectivity index (χ4n) is 3.10. The van der Waals surface area contributed by atoms with E-state index in [2.05, 4.69) is 44.3 Å². The molecule has 1 unspecified atom stereocenters. The third-order valence-corrected chi connectivity index (χ3v) is 6.04. The zero-order valence-electron chi connectivity index (χ0n) is 13.2. The van der Waals surface area contributed by atoms with E-state index in [1.54, 1.807) is 28.7 Å². The van der Waals surface area contributed by atoms with Gasteiger partial charge in [0.1, 0.15) is 0 Å². The van der Waals surface area contributed by atoms with Gasteiger partial charge in [-0.3, -0.25) is 15.0 Å². The van der Waals surface area contributed by atoms with Crippen molar-refractivity contribution in [3.63, 3.8) is 0 Å². The number of aryl methyl sites for hydroxylation is 1. The van der Waals surface area contributed by atoms with Crippen molar-refractivity contribution in [1.82, 2.24) is 10.1 Å². The molecule has 0 saturated heterocycles. The lowest BCUT2D eigenvalue weighted by atomic mass is 9.98. The lowest BCUT2D eigenvalue weighted by Gasteiger charge is -2.34. The average Bonchev–Trinajstić information content (AvgIpc) is 3.28. The van der Waals surface area contributed by atoms with Crippen molar-refractivity contribution in [3.8, 4) is 0 Å². The van der Waals surface area contributed by atoms with Gasteiger partial charge in [-0.2, -0.15) is 0 Å². The van der Waals surface area contributed by atoms with Crippen molar-refractivity contribution in [1.29, 1.82) is 0 Å². The number of carbonyl (C=O) groups is 1. The Labute approximate surface area is 147 Å². The van der Waals surface area contributed by atoms with E-state index in [4.69, 9.17) is 4.52 Å². The maximum Gasteiger partial charge on any atom is 0.240 e. The van der Waals surface area contributed by atoms with Crippen LogP contribution in [0.2, 0.25) is 0 Å². The molecule has 124 valence electrons. The summed E-state index contributed by atoms with van der Waals surface area (Å²) in [5.74, 6) is 0.324. The number of anilines is 1. The molecule has 4 rings (SSSR count). The molecule has 5 nitrogen and oxygen atoms in total. The molecule has 0 radical (unpaired) electrons. The van der Waals surface area contributed by atoms with Crippen molar-refractivity contribution in [3.05, 3.63) is 56.0 Å². The van der Waals surface area contributed by atoms with E-state index in [1.165, 1.54) is 15.3 Å². The Morgan fingerprint density at radius 2 is 2.33 bits per heavy atom. The Morgan fingerprint density at radius 1 is 1.42 bits per heavy atom. The summed E-state index contributed by atoms with van der Waals surface area (Å²) in [6, 6.07) is 8.28. The first-order chi connectivity index (χ1) is 11.7. The Kier molecular flexibility index (Phi) is 4.22. The van der Waals surface area contributed by atoms with Crippen molar-refractivity contribution in [2.24, 2.45) is 0 Å². The van der Waals surface area contributed by atoms with Crippen molar-refractivity contribution >= 4 is 34.5 Å². The topological polar surface area (TPSA) is 58.4 Å². The first kappa shape index (κ1) is 15.6. The Hall–Kier alpha value is -1.96. The van der Waals surface area contributed by atoms with Crippen LogP contribution in [0.5, 0.6) is 0 Å². The van der Waals surface area contributed by atoms with Crippen LogP contribution in [0, 0.1) is 6.92 Å². The van der Waals surface area contributed by atoms with Crippen LogP contribution in [0.15, 0.2) is 39.5 Å². The van der Waals surface area contributed by atoms with Crippen LogP contribution < -0.4 is 5.32 Å². The first-order valence-electron chi connectivity index (χ1n) is 7.77. The number of fused-ring (bicyclic) bond motifs is 1. The van der Waals surface area contributed by atoms with Gasteiger partial charge in [0.15, 0.2) is 0 Å². The minimum atomic E-state index is -0.0774. The molecular formula is C17H17N3O2S2. The smallest absolute Gasteiger partial charge is 0.240 e. The van der Waals surface area contributed by atoms with Crippen molar-refractivity contribution in [2.45, 2.75) is 19.4 Å². The van der Waals surface area contributed by atoms with E-state index >= 15 is 0 Å². The molecule has 0 bridgehead atoms. The predicted octanol–water partition coefficient (Wildman–Crippen LogP) is 3.69. The highest BCUT2D eigenvalue weighted by atomic mass is 32.1. The third-order valence-electron chi connectivity index (χ3n) is 4.12. The summed E-state index contributed by atoms with van der Waals surface area (Å²) >= 11 is 3.54. The third kappa shape index (κ3) is 3.02. The number of hydrogen-bond acceptors (Lipinski definition) is 6. The fraction of sp³-hybridized carbons (Fsp3) is 0.294. The van der Waals surface area contributed by atoms with Crippen LogP contribution in [-0.2, 0) is 11.2 Å². The number of hydrogen-bond donors (Lipinski definition) is 1. The standard InChI is InChI=1S/C17H17N3O2S2/c1-11-9-16(22-19-11)18-15(21)10-20-6-4-13-12(5-8-24-13)17(20)14-3-2-7-23-14/h2-3,5,7-9,17H,4,6,10H2,1H3,(H,18,21). The Morgan fingerprint density at radius 3 is 3.08 bits per heavy atom. The van der Waals surface area contributed by atoms with Crippen molar-refractivity contribution in [2.75, 3.05) is 18.4 Å². The van der Waals surface area contributed by atoms with Gasteiger partial charge in [-0.1, -0.05) is 11.2 Å². The van der Waals surface area contributed by atoms with Gasteiger partial charge in [-0.05, 0) is 41.8 Å². The molecule has 1 atom stereocenters. The monoisotopic (exact) mass is 359 g/mol. The lowest BCUT2D eigenvalue weighted by Crippen LogP contribution is -2.40. The van der Waals surface area contributed by atoms with Crippen LogP contribution >= 0.6 is 22.7 Å². The largest absolute Gasteiger partial charge is 0.338 e. The zero-order valence-corrected chi connectivity index (χ0v) is 14.8. The molecule has 3 aromatic rings. The molecule has 0 fully saturated rings. The van der Waals surface area contributed by atoms with Gasteiger partial charge >= 0.3 is 0 Å². The molecule has 4 heterocycles. The SMILES string of the molecule is Cc1cc(NC(=O)CN2CCc3sccc3C2c2cccs2)on1. The van der Waals surface area contributed by atoms with Gasteiger partial charge < -0.3 is 4.52 Å². The lowest BCUT2D eigenvalue weighted by molar-refractivity contribution is -0.117. The summed E-state index contributed by atoms with van der Waals surface area (Å²) in [4.78, 5) is 17.4. The molecule has 1 aliphatic rings. The molecule has 0 spiro atoms. The zero-order chi connectivity index (χ0) is 16.5. The number of thiophene rings is 2. The van der Waals surface area contributed by atoms with E-state index in [0.717, 1.165) is 18.7 Å². The molecule has 7 heteroatoms. The maximum atomic E-state index is 12.4. The number of rotatable bonds is 4. The van der Waals surface area contributed by atoms with Crippen LogP contribution in [0.1, 0.15) is 27.1 Å². The summed E-state index contributed by atoms with van der Waals surface area (Å²) in [6.07, 6.45) is 0.990. The second-order valence-electron chi connectivity index (χ2n) is 5.82. The van der Waals surface area contributed by atoms with Gasteiger partial charge in [0.25, 0.3) is 0 Å². The molecule has 0 saturated carbocycles. The van der Waals surface area contributed by atoms with Crippen LogP contribution in [0.4, 0.5) is 5.88 Å². The van der Waals surface area contributed by atoms with Gasteiger partial charge in [-0.15, -0.1) is 22.7 Å². The molecule has 24 heavy (non-hydrogen) atoms. The van der Waals surface area contributed by atoms with Gasteiger partial charge in [0.2, 0.25) is 11.8 Å². The summed E-state index contributed by atoms with van der Waals surface area (Å²) in [5.41, 5.74) is 2.08. The molecule has 1 N–H and O–H groups in total. The van der Waals surface area contributed by atoms with E-state index in [0.29, 0.717) is 12.4 Å². The summed E-state index contributed by atoms with van der Waals surface area (Å²) in [5, 5.41) is 10.8. The highest BCUT2D eigenvalue weighted by Crippen LogP contribution is 2.39. The average molecular weight is 359 g/mol. The number of aromatic nitrogens is 1. The number of nitrogens with one attached hydrogen (secondary N) is 1. The molecule has 0 aliphatic carbocycles.